The van der Waals surface area contributed by atoms with E-state index in [9.17, 15) is 13.2 Å². The van der Waals surface area contributed by atoms with E-state index in [0.29, 0.717) is 23.1 Å². The van der Waals surface area contributed by atoms with Crippen LogP contribution in [0.15, 0.2) is 113 Å². The molecule has 0 radical (unpaired) electrons. The lowest BCUT2D eigenvalue weighted by molar-refractivity contribution is -0.119. The van der Waals surface area contributed by atoms with Crippen LogP contribution in [-0.2, 0) is 27.8 Å². The summed E-state index contributed by atoms with van der Waals surface area (Å²) in [6, 6.07) is 29.7. The Bertz CT molecular complexity index is 1520. The fraction of sp³-hybridized carbons (Fsp3) is 0.133. The van der Waals surface area contributed by atoms with E-state index in [0.717, 1.165) is 27.4 Å². The molecule has 4 aromatic rings. The second-order valence-corrected chi connectivity index (χ2v) is 10.9. The van der Waals surface area contributed by atoms with Crippen LogP contribution in [0.5, 0.6) is 5.75 Å². The Hall–Kier alpha value is -4.14. The summed E-state index contributed by atoms with van der Waals surface area (Å²) in [5.74, 6) is 0.0805. The number of amides is 1. The first-order valence-electron chi connectivity index (χ1n) is 12.3. The molecule has 0 spiro atoms. The first-order chi connectivity index (χ1) is 18.9. The minimum atomic E-state index is -3.98. The molecule has 0 aromatic heterocycles. The Labute approximate surface area is 233 Å². The summed E-state index contributed by atoms with van der Waals surface area (Å²) < 4.78 is 33.7. The second kappa shape index (κ2) is 13.1. The van der Waals surface area contributed by atoms with Crippen molar-refractivity contribution in [2.45, 2.75) is 24.8 Å². The van der Waals surface area contributed by atoms with E-state index in [1.807, 2.05) is 43.3 Å². The van der Waals surface area contributed by atoms with Crippen molar-refractivity contribution in [1.29, 1.82) is 0 Å². The van der Waals surface area contributed by atoms with E-state index in [-0.39, 0.29) is 4.90 Å². The number of nitrogens with one attached hydrogen (secondary N) is 1. The molecule has 1 amide bonds. The van der Waals surface area contributed by atoms with Gasteiger partial charge in [0, 0.05) is 10.6 Å². The van der Waals surface area contributed by atoms with Crippen LogP contribution in [0.3, 0.4) is 0 Å². The molecule has 9 heteroatoms. The van der Waals surface area contributed by atoms with E-state index >= 15 is 0 Å². The average Bonchev–Trinajstić information content (AvgIpc) is 2.96. The van der Waals surface area contributed by atoms with Crippen LogP contribution in [0.4, 0.5) is 5.69 Å². The maximum absolute atomic E-state index is 13.4. The normalized spacial score (nSPS) is 11.3. The van der Waals surface area contributed by atoms with Crippen LogP contribution in [0.2, 0.25) is 5.02 Å². The number of sulfonamides is 1. The fourth-order valence-electron chi connectivity index (χ4n) is 3.70. The van der Waals surface area contributed by atoms with Gasteiger partial charge in [-0.15, -0.1) is 0 Å². The molecular formula is C30H28ClN3O4S. The van der Waals surface area contributed by atoms with Crippen LogP contribution in [0, 0.1) is 0 Å². The molecule has 0 unspecified atom stereocenters. The van der Waals surface area contributed by atoms with Gasteiger partial charge in [0.05, 0.1) is 16.8 Å². The van der Waals surface area contributed by atoms with Gasteiger partial charge in [0.2, 0.25) is 0 Å². The van der Waals surface area contributed by atoms with E-state index in [1.54, 1.807) is 54.6 Å². The summed E-state index contributed by atoms with van der Waals surface area (Å²) in [6.07, 6.45) is 2.29. The van der Waals surface area contributed by atoms with Gasteiger partial charge in [0.1, 0.15) is 18.9 Å². The minimum Gasteiger partial charge on any atom is -0.489 e. The Balaban J connectivity index is 1.40. The van der Waals surface area contributed by atoms with Crippen LogP contribution < -0.4 is 14.5 Å². The molecule has 0 fully saturated rings. The second-order valence-electron chi connectivity index (χ2n) is 8.59. The zero-order valence-corrected chi connectivity index (χ0v) is 22.9. The molecule has 0 aliphatic heterocycles. The summed E-state index contributed by atoms with van der Waals surface area (Å²) in [5.41, 5.74) is 5.49. The Morgan fingerprint density at radius 3 is 2.26 bits per heavy atom. The minimum absolute atomic E-state index is 0.0951. The molecule has 0 heterocycles. The SMILES string of the molecule is CCc1ccc(N(CC(=O)N/N=C\c2ccc(OCc3ccccc3Cl)cc2)S(=O)(=O)c2ccccc2)cc1. The van der Waals surface area contributed by atoms with Crippen molar-refractivity contribution in [3.63, 3.8) is 0 Å². The molecule has 7 nitrogen and oxygen atoms in total. The Kier molecular flexibility index (Phi) is 9.35. The number of ether oxygens (including phenoxy) is 1. The van der Waals surface area contributed by atoms with Gasteiger partial charge in [-0.3, -0.25) is 9.10 Å². The highest BCUT2D eigenvalue weighted by Crippen LogP contribution is 2.24. The van der Waals surface area contributed by atoms with Crippen molar-refractivity contribution in [2.75, 3.05) is 10.8 Å². The predicted octanol–water partition coefficient (Wildman–Crippen LogP) is 5.83. The molecule has 39 heavy (non-hydrogen) atoms. The van der Waals surface area contributed by atoms with E-state index in [4.69, 9.17) is 16.3 Å². The molecule has 0 aliphatic rings. The van der Waals surface area contributed by atoms with Crippen molar-refractivity contribution in [1.82, 2.24) is 5.43 Å². The molecule has 0 bridgehead atoms. The average molecular weight is 562 g/mol. The smallest absolute Gasteiger partial charge is 0.264 e. The van der Waals surface area contributed by atoms with Crippen molar-refractivity contribution in [3.8, 4) is 5.75 Å². The summed E-state index contributed by atoms with van der Waals surface area (Å²) in [5, 5.41) is 4.64. The molecule has 200 valence electrons. The van der Waals surface area contributed by atoms with Crippen molar-refractivity contribution in [3.05, 3.63) is 125 Å². The summed E-state index contributed by atoms with van der Waals surface area (Å²) in [6.45, 7) is 1.92. The lowest BCUT2D eigenvalue weighted by atomic mass is 10.1. The lowest BCUT2D eigenvalue weighted by Crippen LogP contribution is -2.39. The quantitative estimate of drug-likeness (QED) is 0.184. The highest BCUT2D eigenvalue weighted by Gasteiger charge is 2.27. The first kappa shape index (κ1) is 27.9. The van der Waals surface area contributed by atoms with Crippen LogP contribution in [-0.4, -0.2) is 27.1 Å². The summed E-state index contributed by atoms with van der Waals surface area (Å²) in [4.78, 5) is 12.9. The number of benzene rings is 4. The van der Waals surface area contributed by atoms with Gasteiger partial charge in [0.25, 0.3) is 15.9 Å². The number of carbonyl (C=O) groups excluding carboxylic acids is 1. The summed E-state index contributed by atoms with van der Waals surface area (Å²) in [7, 11) is -3.98. The standard InChI is InChI=1S/C30H28ClN3O4S/c1-2-23-12-16-26(17-13-23)34(39(36,37)28-9-4-3-5-10-28)21-30(35)33-32-20-24-14-18-27(19-15-24)38-22-25-8-6-7-11-29(25)31/h3-20H,2,21-22H2,1H3,(H,33,35)/b32-20-. The van der Waals surface area contributed by atoms with E-state index in [2.05, 4.69) is 10.5 Å². The van der Waals surface area contributed by atoms with Crippen LogP contribution in [0.25, 0.3) is 0 Å². The number of hydrazone groups is 1. The largest absolute Gasteiger partial charge is 0.489 e. The number of rotatable bonds is 11. The van der Waals surface area contributed by atoms with Gasteiger partial charge < -0.3 is 4.74 Å². The van der Waals surface area contributed by atoms with E-state index < -0.39 is 22.5 Å². The predicted molar refractivity (Wildman–Crippen MR) is 155 cm³/mol. The monoisotopic (exact) mass is 561 g/mol. The molecule has 0 atom stereocenters. The maximum atomic E-state index is 13.4. The topological polar surface area (TPSA) is 88.1 Å². The fourth-order valence-corrected chi connectivity index (χ4v) is 5.34. The third-order valence-electron chi connectivity index (χ3n) is 5.89. The van der Waals surface area contributed by atoms with Gasteiger partial charge in [-0.2, -0.15) is 5.10 Å². The van der Waals surface area contributed by atoms with E-state index in [1.165, 1.54) is 18.3 Å². The zero-order valence-electron chi connectivity index (χ0n) is 21.3. The number of anilines is 1. The summed E-state index contributed by atoms with van der Waals surface area (Å²) >= 11 is 6.16. The van der Waals surface area contributed by atoms with Crippen molar-refractivity contribution >= 4 is 39.4 Å². The first-order valence-corrected chi connectivity index (χ1v) is 14.1. The Morgan fingerprint density at radius 1 is 0.923 bits per heavy atom. The van der Waals surface area contributed by atoms with Gasteiger partial charge in [-0.1, -0.05) is 67.1 Å². The molecule has 4 aromatic carbocycles. The van der Waals surface area contributed by atoms with Crippen molar-refractivity contribution < 1.29 is 17.9 Å². The highest BCUT2D eigenvalue weighted by atomic mass is 35.5. The number of hydrogen-bond donors (Lipinski definition) is 1. The molecule has 4 rings (SSSR count). The molecule has 1 N–H and O–H groups in total. The number of halogens is 1. The Morgan fingerprint density at radius 2 is 1.59 bits per heavy atom. The number of nitrogens with zero attached hydrogens (tertiary/aromatic N) is 2. The number of hydrogen-bond acceptors (Lipinski definition) is 5. The molecule has 0 saturated carbocycles. The zero-order chi connectivity index (χ0) is 27.7. The van der Waals surface area contributed by atoms with Gasteiger partial charge in [-0.25, -0.2) is 13.8 Å². The van der Waals surface area contributed by atoms with Crippen molar-refractivity contribution in [2.24, 2.45) is 5.10 Å². The number of aryl methyl sites for hydroxylation is 1. The van der Waals surface area contributed by atoms with Gasteiger partial charge >= 0.3 is 0 Å². The van der Waals surface area contributed by atoms with Crippen LogP contribution in [0.1, 0.15) is 23.6 Å². The number of carbonyl (C=O) groups is 1. The lowest BCUT2D eigenvalue weighted by Gasteiger charge is -2.24. The molecule has 0 saturated heterocycles. The van der Waals surface area contributed by atoms with Crippen LogP contribution >= 0.6 is 11.6 Å². The maximum Gasteiger partial charge on any atom is 0.264 e. The third kappa shape index (κ3) is 7.46. The molecule has 0 aliphatic carbocycles. The third-order valence-corrected chi connectivity index (χ3v) is 8.04. The van der Waals surface area contributed by atoms with Gasteiger partial charge in [0.15, 0.2) is 0 Å². The van der Waals surface area contributed by atoms with Gasteiger partial charge in [-0.05, 0) is 72.1 Å². The molecular weight excluding hydrogens is 534 g/mol. The highest BCUT2D eigenvalue weighted by molar-refractivity contribution is 7.92.